The Morgan fingerprint density at radius 2 is 2.04 bits per heavy atom. The van der Waals surface area contributed by atoms with Gasteiger partial charge >= 0.3 is 5.97 Å². The molecule has 0 atom stereocenters. The molecular weight excluding hydrogens is 330 g/mol. The zero-order chi connectivity index (χ0) is 17.3. The largest absolute Gasteiger partial charge is 0.481 e. The van der Waals surface area contributed by atoms with E-state index < -0.39 is 5.97 Å². The molecule has 0 spiro atoms. The molecule has 2 heterocycles. The lowest BCUT2D eigenvalue weighted by Crippen LogP contribution is -2.13. The summed E-state index contributed by atoms with van der Waals surface area (Å²) >= 11 is 1.26. The number of aromatic nitrogens is 2. The third kappa shape index (κ3) is 2.71. The van der Waals surface area contributed by atoms with Crippen molar-refractivity contribution >= 4 is 39.1 Å². The zero-order valence-electron chi connectivity index (χ0n) is 13.3. The molecule has 3 rings (SSSR count). The van der Waals surface area contributed by atoms with Gasteiger partial charge in [0.15, 0.2) is 0 Å². The Morgan fingerprint density at radius 3 is 2.75 bits per heavy atom. The first-order chi connectivity index (χ1) is 11.5. The fraction of sp³-hybridized carbons (Fsp3) is 0.188. The summed E-state index contributed by atoms with van der Waals surface area (Å²) in [6.45, 7) is 0. The molecule has 0 saturated carbocycles. The molecule has 0 aliphatic carbocycles. The van der Waals surface area contributed by atoms with Crippen molar-refractivity contribution in [2.45, 2.75) is 0 Å². The maximum absolute atomic E-state index is 12.5. The van der Waals surface area contributed by atoms with E-state index in [1.807, 2.05) is 0 Å². The number of rotatable bonds is 4. The summed E-state index contributed by atoms with van der Waals surface area (Å²) in [7, 11) is 4.64. The molecule has 8 heteroatoms. The molecule has 0 bridgehead atoms. The first-order valence-electron chi connectivity index (χ1n) is 7.03. The predicted molar refractivity (Wildman–Crippen MR) is 90.9 cm³/mol. The molecule has 1 amide bonds. The summed E-state index contributed by atoms with van der Waals surface area (Å²) in [6, 6.07) is 6.76. The summed E-state index contributed by atoms with van der Waals surface area (Å²) in [5, 5.41) is 10.0. The monoisotopic (exact) mass is 345 g/mol. The summed E-state index contributed by atoms with van der Waals surface area (Å²) in [5.74, 6) is -0.186. The highest BCUT2D eigenvalue weighted by molar-refractivity contribution is 7.14. The van der Waals surface area contributed by atoms with E-state index in [9.17, 15) is 9.59 Å². The van der Waals surface area contributed by atoms with Gasteiger partial charge in [0.05, 0.1) is 30.7 Å². The van der Waals surface area contributed by atoms with Gasteiger partial charge in [0, 0.05) is 12.6 Å². The summed E-state index contributed by atoms with van der Waals surface area (Å²) in [6.07, 6.45) is 0. The van der Waals surface area contributed by atoms with E-state index >= 15 is 0 Å². The van der Waals surface area contributed by atoms with Crippen LogP contribution < -0.4 is 10.1 Å². The number of hydrogen-bond acceptors (Lipinski definition) is 6. The van der Waals surface area contributed by atoms with Crippen LogP contribution in [0.1, 0.15) is 20.7 Å². The maximum atomic E-state index is 12.5. The van der Waals surface area contributed by atoms with Gasteiger partial charge in [0.1, 0.15) is 5.00 Å². The fourth-order valence-electron chi connectivity index (χ4n) is 2.41. The molecule has 1 N–H and O–H groups in total. The van der Waals surface area contributed by atoms with Crippen LogP contribution in [0.3, 0.4) is 0 Å². The van der Waals surface area contributed by atoms with Crippen molar-refractivity contribution in [2.75, 3.05) is 19.5 Å². The molecule has 7 nitrogen and oxygen atoms in total. The molecule has 0 saturated heterocycles. The Balaban J connectivity index is 1.89. The molecule has 2 aromatic heterocycles. The lowest BCUT2D eigenvalue weighted by atomic mass is 10.1. The number of ether oxygens (including phenoxy) is 2. The third-order valence-corrected chi connectivity index (χ3v) is 4.36. The van der Waals surface area contributed by atoms with E-state index in [0.717, 1.165) is 5.39 Å². The van der Waals surface area contributed by atoms with Crippen molar-refractivity contribution in [3.05, 3.63) is 40.8 Å². The number of aryl methyl sites for hydroxylation is 1. The van der Waals surface area contributed by atoms with E-state index in [1.54, 1.807) is 48.5 Å². The van der Waals surface area contributed by atoms with Gasteiger partial charge in [0.25, 0.3) is 5.91 Å². The highest BCUT2D eigenvalue weighted by Gasteiger charge is 2.17. The standard InChI is InChI=1S/C16H15N3O4S/c1-19-15(22-2)10-5-4-9(8-12(10)18-19)13(20)17-14-11(6-7-24-14)16(21)23-3/h4-8H,1-3H3,(H,17,20). The van der Waals surface area contributed by atoms with Gasteiger partial charge in [-0.2, -0.15) is 5.10 Å². The Kier molecular flexibility index (Phi) is 4.22. The first-order valence-corrected chi connectivity index (χ1v) is 7.91. The van der Waals surface area contributed by atoms with E-state index in [1.165, 1.54) is 18.4 Å². The summed E-state index contributed by atoms with van der Waals surface area (Å²) < 4.78 is 11.6. The van der Waals surface area contributed by atoms with Crippen LogP contribution in [0.15, 0.2) is 29.6 Å². The number of carbonyl (C=O) groups excluding carboxylic acids is 2. The van der Waals surface area contributed by atoms with Crippen LogP contribution in [-0.4, -0.2) is 35.9 Å². The van der Waals surface area contributed by atoms with Crippen molar-refractivity contribution < 1.29 is 19.1 Å². The highest BCUT2D eigenvalue weighted by atomic mass is 32.1. The number of anilines is 1. The van der Waals surface area contributed by atoms with Gasteiger partial charge in [0.2, 0.25) is 5.88 Å². The average molecular weight is 345 g/mol. The number of esters is 1. The van der Waals surface area contributed by atoms with Crippen LogP contribution in [0.5, 0.6) is 5.88 Å². The van der Waals surface area contributed by atoms with Crippen LogP contribution in [0.25, 0.3) is 10.9 Å². The summed E-state index contributed by atoms with van der Waals surface area (Å²) in [4.78, 5) is 24.1. The van der Waals surface area contributed by atoms with Gasteiger partial charge in [-0.3, -0.25) is 4.79 Å². The van der Waals surface area contributed by atoms with Gasteiger partial charge in [-0.25, -0.2) is 9.48 Å². The number of nitrogens with zero attached hydrogens (tertiary/aromatic N) is 2. The van der Waals surface area contributed by atoms with Gasteiger partial charge < -0.3 is 14.8 Å². The topological polar surface area (TPSA) is 82.5 Å². The van der Waals surface area contributed by atoms with Gasteiger partial charge in [-0.1, -0.05) is 0 Å². The number of nitrogens with one attached hydrogen (secondary N) is 1. The normalized spacial score (nSPS) is 10.6. The smallest absolute Gasteiger partial charge is 0.340 e. The molecule has 1 aromatic carbocycles. The molecule has 124 valence electrons. The minimum atomic E-state index is -0.489. The van der Waals surface area contributed by atoms with Crippen LogP contribution >= 0.6 is 11.3 Å². The molecule has 0 aliphatic rings. The second-order valence-corrected chi connectivity index (χ2v) is 5.89. The SMILES string of the molecule is COC(=O)c1ccsc1NC(=O)c1ccc2c(OC)n(C)nc2c1. The van der Waals surface area contributed by atoms with Crippen LogP contribution in [0.4, 0.5) is 5.00 Å². The Hall–Kier alpha value is -2.87. The third-order valence-electron chi connectivity index (χ3n) is 3.53. The van der Waals surface area contributed by atoms with Crippen molar-refractivity contribution in [3.63, 3.8) is 0 Å². The lowest BCUT2D eigenvalue weighted by Gasteiger charge is -2.05. The van der Waals surface area contributed by atoms with Gasteiger partial charge in [-0.05, 0) is 29.6 Å². The second-order valence-electron chi connectivity index (χ2n) is 4.97. The van der Waals surface area contributed by atoms with E-state index in [4.69, 9.17) is 9.47 Å². The maximum Gasteiger partial charge on any atom is 0.340 e. The fourth-order valence-corrected chi connectivity index (χ4v) is 3.18. The lowest BCUT2D eigenvalue weighted by molar-refractivity contribution is 0.0602. The van der Waals surface area contributed by atoms with Crippen LogP contribution in [0, 0.1) is 0 Å². The number of carbonyl (C=O) groups is 2. The number of fused-ring (bicyclic) bond motifs is 1. The quantitative estimate of drug-likeness (QED) is 0.735. The van der Waals surface area contributed by atoms with Gasteiger partial charge in [-0.15, -0.1) is 11.3 Å². The Morgan fingerprint density at radius 1 is 1.25 bits per heavy atom. The average Bonchev–Trinajstić information content (AvgIpc) is 3.16. The van der Waals surface area contributed by atoms with Crippen molar-refractivity contribution in [3.8, 4) is 5.88 Å². The minimum absolute atomic E-state index is 0.325. The van der Waals surface area contributed by atoms with E-state index in [-0.39, 0.29) is 5.91 Å². The predicted octanol–water partition coefficient (Wildman–Crippen LogP) is 2.68. The van der Waals surface area contributed by atoms with Crippen molar-refractivity contribution in [1.29, 1.82) is 0 Å². The minimum Gasteiger partial charge on any atom is -0.481 e. The number of amides is 1. The van der Waals surface area contributed by atoms with Crippen LogP contribution in [-0.2, 0) is 11.8 Å². The second kappa shape index (κ2) is 6.32. The number of benzene rings is 1. The number of methoxy groups -OCH3 is 2. The number of thiophene rings is 1. The Labute approximate surface area is 141 Å². The molecule has 0 aliphatic heterocycles. The van der Waals surface area contributed by atoms with Crippen LogP contribution in [0.2, 0.25) is 0 Å². The molecule has 24 heavy (non-hydrogen) atoms. The molecule has 0 fully saturated rings. The molecule has 0 unspecified atom stereocenters. The summed E-state index contributed by atoms with van der Waals surface area (Å²) in [5.41, 5.74) is 1.42. The van der Waals surface area contributed by atoms with E-state index in [2.05, 4.69) is 10.4 Å². The highest BCUT2D eigenvalue weighted by Crippen LogP contribution is 2.27. The molecule has 0 radical (unpaired) electrons. The van der Waals surface area contributed by atoms with E-state index in [0.29, 0.717) is 27.5 Å². The zero-order valence-corrected chi connectivity index (χ0v) is 14.1. The Bertz CT molecular complexity index is 929. The number of hydrogen-bond donors (Lipinski definition) is 1. The molecular formula is C16H15N3O4S. The van der Waals surface area contributed by atoms with Crippen molar-refractivity contribution in [2.24, 2.45) is 7.05 Å². The first kappa shape index (κ1) is 16.0. The molecule has 3 aromatic rings. The van der Waals surface area contributed by atoms with Crippen molar-refractivity contribution in [1.82, 2.24) is 9.78 Å².